The largest absolute Gasteiger partial charge is 0.335 e. The molecule has 2 N–H and O–H groups in total. The SMILES string of the molecule is O=C(CN1CCN(Cc2cccnc2)CC1)NC(=O)NC1CCCCC1. The predicted molar refractivity (Wildman–Crippen MR) is 99.5 cm³/mol. The van der Waals surface area contributed by atoms with Crippen LogP contribution in [0.25, 0.3) is 0 Å². The van der Waals surface area contributed by atoms with Gasteiger partial charge in [-0.15, -0.1) is 0 Å². The van der Waals surface area contributed by atoms with E-state index in [4.69, 9.17) is 0 Å². The third kappa shape index (κ3) is 6.07. The van der Waals surface area contributed by atoms with E-state index in [1.54, 1.807) is 6.20 Å². The van der Waals surface area contributed by atoms with Crippen molar-refractivity contribution in [3.63, 3.8) is 0 Å². The van der Waals surface area contributed by atoms with Gasteiger partial charge >= 0.3 is 6.03 Å². The van der Waals surface area contributed by atoms with Crippen molar-refractivity contribution >= 4 is 11.9 Å². The number of hydrogen-bond donors (Lipinski definition) is 2. The highest BCUT2D eigenvalue weighted by Gasteiger charge is 2.21. The van der Waals surface area contributed by atoms with Crippen molar-refractivity contribution in [3.8, 4) is 0 Å². The third-order valence-electron chi connectivity index (χ3n) is 5.15. The van der Waals surface area contributed by atoms with Crippen LogP contribution in [0.15, 0.2) is 24.5 Å². The van der Waals surface area contributed by atoms with Crippen molar-refractivity contribution in [3.05, 3.63) is 30.1 Å². The van der Waals surface area contributed by atoms with Gasteiger partial charge in [0.05, 0.1) is 6.54 Å². The minimum absolute atomic E-state index is 0.215. The molecular weight excluding hydrogens is 330 g/mol. The summed E-state index contributed by atoms with van der Waals surface area (Å²) in [6.07, 6.45) is 9.26. The van der Waals surface area contributed by atoms with Gasteiger partial charge in [0.1, 0.15) is 0 Å². The van der Waals surface area contributed by atoms with Crippen LogP contribution in [0.5, 0.6) is 0 Å². The summed E-state index contributed by atoms with van der Waals surface area (Å²) in [7, 11) is 0. The van der Waals surface area contributed by atoms with Crippen LogP contribution < -0.4 is 10.6 Å². The third-order valence-corrected chi connectivity index (χ3v) is 5.15. The van der Waals surface area contributed by atoms with Crippen LogP contribution in [-0.2, 0) is 11.3 Å². The molecule has 0 radical (unpaired) electrons. The van der Waals surface area contributed by atoms with E-state index in [-0.39, 0.29) is 24.5 Å². The van der Waals surface area contributed by atoms with E-state index in [1.807, 2.05) is 12.3 Å². The molecule has 0 unspecified atom stereocenters. The van der Waals surface area contributed by atoms with Crippen LogP contribution in [0.1, 0.15) is 37.7 Å². The summed E-state index contributed by atoms with van der Waals surface area (Å²) in [5, 5.41) is 5.39. The fraction of sp³-hybridized carbons (Fsp3) is 0.632. The first-order chi connectivity index (χ1) is 12.7. The van der Waals surface area contributed by atoms with Gasteiger partial charge in [-0.2, -0.15) is 0 Å². The van der Waals surface area contributed by atoms with Crippen LogP contribution in [0, 0.1) is 0 Å². The second-order valence-electron chi connectivity index (χ2n) is 7.27. The summed E-state index contributed by atoms with van der Waals surface area (Å²) in [6.45, 7) is 4.65. The van der Waals surface area contributed by atoms with E-state index in [9.17, 15) is 9.59 Å². The van der Waals surface area contributed by atoms with Crippen molar-refractivity contribution in [2.45, 2.75) is 44.7 Å². The monoisotopic (exact) mass is 359 g/mol. The van der Waals surface area contributed by atoms with E-state index in [1.165, 1.54) is 12.0 Å². The second kappa shape index (κ2) is 9.64. The highest BCUT2D eigenvalue weighted by atomic mass is 16.2. The number of rotatable bonds is 5. The molecule has 26 heavy (non-hydrogen) atoms. The predicted octanol–water partition coefficient (Wildman–Crippen LogP) is 1.36. The summed E-state index contributed by atoms with van der Waals surface area (Å²) in [5.74, 6) is -0.223. The van der Waals surface area contributed by atoms with E-state index >= 15 is 0 Å². The molecule has 0 spiro atoms. The Kier molecular flexibility index (Phi) is 6.96. The Bertz CT molecular complexity index is 581. The lowest BCUT2D eigenvalue weighted by atomic mass is 9.96. The Morgan fingerprint density at radius 2 is 1.81 bits per heavy atom. The number of nitrogens with zero attached hydrogens (tertiary/aromatic N) is 3. The highest BCUT2D eigenvalue weighted by molar-refractivity contribution is 5.95. The zero-order chi connectivity index (χ0) is 18.2. The van der Waals surface area contributed by atoms with Gasteiger partial charge in [-0.05, 0) is 24.5 Å². The fourth-order valence-corrected chi connectivity index (χ4v) is 3.69. The van der Waals surface area contributed by atoms with Gasteiger partial charge in [-0.3, -0.25) is 24.9 Å². The maximum atomic E-state index is 12.1. The number of urea groups is 1. The highest BCUT2D eigenvalue weighted by Crippen LogP contribution is 2.17. The van der Waals surface area contributed by atoms with Gasteiger partial charge in [0, 0.05) is 51.2 Å². The molecule has 3 amide bonds. The zero-order valence-electron chi connectivity index (χ0n) is 15.3. The maximum Gasteiger partial charge on any atom is 0.321 e. The van der Waals surface area contributed by atoms with E-state index in [2.05, 4.69) is 31.5 Å². The van der Waals surface area contributed by atoms with E-state index in [0.717, 1.165) is 58.4 Å². The molecule has 3 rings (SSSR count). The number of imide groups is 1. The van der Waals surface area contributed by atoms with Crippen LogP contribution in [0.4, 0.5) is 4.79 Å². The molecule has 2 fully saturated rings. The summed E-state index contributed by atoms with van der Waals surface area (Å²) < 4.78 is 0. The summed E-state index contributed by atoms with van der Waals surface area (Å²) in [4.78, 5) is 32.7. The first-order valence-corrected chi connectivity index (χ1v) is 9.63. The number of nitrogens with one attached hydrogen (secondary N) is 2. The van der Waals surface area contributed by atoms with Gasteiger partial charge in [0.15, 0.2) is 0 Å². The lowest BCUT2D eigenvalue weighted by Gasteiger charge is -2.34. The van der Waals surface area contributed by atoms with Gasteiger partial charge in [0.2, 0.25) is 5.91 Å². The molecule has 0 aromatic carbocycles. The van der Waals surface area contributed by atoms with Crippen molar-refractivity contribution in [1.29, 1.82) is 0 Å². The molecular formula is C19H29N5O2. The normalized spacial score (nSPS) is 19.8. The molecule has 1 aliphatic carbocycles. The van der Waals surface area contributed by atoms with Crippen molar-refractivity contribution in [2.24, 2.45) is 0 Å². The number of aromatic nitrogens is 1. The average Bonchev–Trinajstić information content (AvgIpc) is 2.65. The molecule has 2 aliphatic rings. The van der Waals surface area contributed by atoms with Crippen molar-refractivity contribution in [1.82, 2.24) is 25.4 Å². The molecule has 7 nitrogen and oxygen atoms in total. The van der Waals surface area contributed by atoms with Crippen LogP contribution in [-0.4, -0.2) is 65.5 Å². The van der Waals surface area contributed by atoms with Gasteiger partial charge in [0.25, 0.3) is 0 Å². The summed E-state index contributed by atoms with van der Waals surface area (Å²) in [6, 6.07) is 3.90. The summed E-state index contributed by atoms with van der Waals surface area (Å²) >= 11 is 0. The molecule has 1 saturated carbocycles. The number of carbonyl (C=O) groups is 2. The Balaban J connectivity index is 1.33. The fourth-order valence-electron chi connectivity index (χ4n) is 3.69. The molecule has 0 atom stereocenters. The number of carbonyl (C=O) groups excluding carboxylic acids is 2. The number of piperazine rings is 1. The quantitative estimate of drug-likeness (QED) is 0.830. The molecule has 0 bridgehead atoms. The minimum Gasteiger partial charge on any atom is -0.335 e. The molecule has 142 valence electrons. The Morgan fingerprint density at radius 3 is 2.50 bits per heavy atom. The summed E-state index contributed by atoms with van der Waals surface area (Å²) in [5.41, 5.74) is 1.21. The van der Waals surface area contributed by atoms with Gasteiger partial charge in [-0.25, -0.2) is 4.79 Å². The maximum absolute atomic E-state index is 12.1. The number of amides is 3. The molecule has 1 aromatic heterocycles. The minimum atomic E-state index is -0.350. The molecule has 1 aromatic rings. The number of hydrogen-bond acceptors (Lipinski definition) is 5. The lowest BCUT2D eigenvalue weighted by Crippen LogP contribution is -2.51. The van der Waals surface area contributed by atoms with Gasteiger partial charge in [-0.1, -0.05) is 25.3 Å². The zero-order valence-corrected chi connectivity index (χ0v) is 15.3. The van der Waals surface area contributed by atoms with Gasteiger partial charge < -0.3 is 5.32 Å². The Hall–Kier alpha value is -1.99. The van der Waals surface area contributed by atoms with Crippen LogP contribution in [0.3, 0.4) is 0 Å². The first-order valence-electron chi connectivity index (χ1n) is 9.63. The lowest BCUT2D eigenvalue weighted by molar-refractivity contribution is -0.121. The van der Waals surface area contributed by atoms with Crippen molar-refractivity contribution in [2.75, 3.05) is 32.7 Å². The second-order valence-corrected chi connectivity index (χ2v) is 7.27. The average molecular weight is 359 g/mol. The topological polar surface area (TPSA) is 77.6 Å². The Morgan fingerprint density at radius 1 is 1.08 bits per heavy atom. The van der Waals surface area contributed by atoms with E-state index in [0.29, 0.717) is 0 Å². The number of pyridine rings is 1. The Labute approximate surface area is 155 Å². The first kappa shape index (κ1) is 18.8. The molecule has 1 aliphatic heterocycles. The smallest absolute Gasteiger partial charge is 0.321 e. The van der Waals surface area contributed by atoms with Crippen LogP contribution in [0.2, 0.25) is 0 Å². The molecule has 2 heterocycles. The standard InChI is InChI=1S/C19H29N5O2/c25-18(22-19(26)21-17-6-2-1-3-7-17)15-24-11-9-23(10-12-24)14-16-5-4-8-20-13-16/h4-5,8,13,17H,1-3,6-7,9-12,14-15H2,(H2,21,22,25,26). The molecule has 7 heteroatoms. The van der Waals surface area contributed by atoms with Crippen molar-refractivity contribution < 1.29 is 9.59 Å². The van der Waals surface area contributed by atoms with Crippen LogP contribution >= 0.6 is 0 Å². The van der Waals surface area contributed by atoms with E-state index < -0.39 is 0 Å². The molecule has 1 saturated heterocycles.